The Labute approximate surface area is 245 Å². The fourth-order valence-electron chi connectivity index (χ4n) is 5.11. The third-order valence-electron chi connectivity index (χ3n) is 7.41. The van der Waals surface area contributed by atoms with Crippen molar-refractivity contribution in [3.05, 3.63) is 102 Å². The molecule has 3 aromatic heterocycles. The molecule has 0 N–H and O–H groups in total. The molecule has 5 heterocycles. The highest BCUT2D eigenvalue weighted by Gasteiger charge is 2.22. The van der Waals surface area contributed by atoms with Crippen molar-refractivity contribution in [2.45, 2.75) is 51.5 Å². The Morgan fingerprint density at radius 2 is 2.02 bits per heavy atom. The van der Waals surface area contributed by atoms with Crippen LogP contribution in [0.3, 0.4) is 0 Å². The number of pyridine rings is 1. The zero-order valence-corrected chi connectivity index (χ0v) is 23.6. The molecule has 6 rings (SSSR count). The van der Waals surface area contributed by atoms with Crippen molar-refractivity contribution in [3.8, 4) is 23.2 Å². The van der Waals surface area contributed by atoms with E-state index >= 15 is 0 Å². The lowest BCUT2D eigenvalue weighted by Crippen LogP contribution is -2.35. The molecule has 1 saturated heterocycles. The van der Waals surface area contributed by atoms with E-state index < -0.39 is 0 Å². The first kappa shape index (κ1) is 27.6. The van der Waals surface area contributed by atoms with Gasteiger partial charge in [-0.1, -0.05) is 29.1 Å². The number of imidazole rings is 1. The summed E-state index contributed by atoms with van der Waals surface area (Å²) in [5.74, 6) is 7.97. The normalized spacial score (nSPS) is 17.7. The number of ether oxygens (including phenoxy) is 2. The van der Waals surface area contributed by atoms with Gasteiger partial charge in [-0.05, 0) is 69.0 Å². The number of nitrogens with zero attached hydrogens (tertiary/aromatic N) is 5. The highest BCUT2D eigenvalue weighted by molar-refractivity contribution is 5.92. The van der Waals surface area contributed by atoms with E-state index in [9.17, 15) is 4.79 Å². The first-order valence-electron chi connectivity index (χ1n) is 14.4. The van der Waals surface area contributed by atoms with Gasteiger partial charge in [0.2, 0.25) is 0 Å². The largest absolute Gasteiger partial charge is 0.356 e. The van der Waals surface area contributed by atoms with Gasteiger partial charge in [-0.25, -0.2) is 4.98 Å². The fourth-order valence-corrected chi connectivity index (χ4v) is 5.11. The summed E-state index contributed by atoms with van der Waals surface area (Å²) in [6.45, 7) is 4.44. The smallest absolute Gasteiger partial charge is 0.272 e. The van der Waals surface area contributed by atoms with Gasteiger partial charge in [0.05, 0.1) is 6.54 Å². The second kappa shape index (κ2) is 13.0. The molecule has 0 saturated carbocycles. The molecule has 0 spiro atoms. The molecule has 9 heteroatoms. The standard InChI is InChI=1S/C33H33N5O4/c1-24(41-31-7-3-5-21-40-31)32-35-17-20-38(32)23-28-22-30(42-36-28)27-12-10-25(11-13-27)8-9-26-14-18-37(19-15-26)33(39)29-6-2-4-16-34-29/h2,4,6,10-14,16-17,20,22,24,31H,3,5,7,15,18-19,21,23H2,1H3/t24-,31?/m0/s1. The van der Waals surface area contributed by atoms with E-state index in [2.05, 4.69) is 27.0 Å². The van der Waals surface area contributed by atoms with E-state index in [1.807, 2.05) is 60.2 Å². The molecule has 0 radical (unpaired) electrons. The lowest BCUT2D eigenvalue weighted by Gasteiger charge is -2.26. The predicted octanol–water partition coefficient (Wildman–Crippen LogP) is 5.41. The Bertz CT molecular complexity index is 1590. The van der Waals surface area contributed by atoms with Crippen LogP contribution in [0.15, 0.2) is 83.3 Å². The Kier molecular flexibility index (Phi) is 8.54. The van der Waals surface area contributed by atoms with Crippen molar-refractivity contribution >= 4 is 5.91 Å². The van der Waals surface area contributed by atoms with E-state index in [1.54, 1.807) is 29.4 Å². The third-order valence-corrected chi connectivity index (χ3v) is 7.41. The van der Waals surface area contributed by atoms with Crippen LogP contribution in [-0.2, 0) is 16.0 Å². The second-order valence-electron chi connectivity index (χ2n) is 10.4. The zero-order chi connectivity index (χ0) is 28.7. The summed E-state index contributed by atoms with van der Waals surface area (Å²) in [7, 11) is 0. The molecule has 0 bridgehead atoms. The van der Waals surface area contributed by atoms with Crippen molar-refractivity contribution in [1.29, 1.82) is 0 Å². The molecular weight excluding hydrogens is 530 g/mol. The molecule has 42 heavy (non-hydrogen) atoms. The number of hydrogen-bond donors (Lipinski definition) is 0. The van der Waals surface area contributed by atoms with Crippen molar-refractivity contribution < 1.29 is 18.8 Å². The predicted molar refractivity (Wildman–Crippen MR) is 156 cm³/mol. The molecule has 1 aromatic carbocycles. The monoisotopic (exact) mass is 563 g/mol. The van der Waals surface area contributed by atoms with E-state index in [1.165, 1.54) is 0 Å². The maximum atomic E-state index is 12.6. The van der Waals surface area contributed by atoms with E-state index in [0.717, 1.165) is 60.5 Å². The molecule has 1 unspecified atom stereocenters. The van der Waals surface area contributed by atoms with Crippen LogP contribution in [0.2, 0.25) is 0 Å². The number of carbonyl (C=O) groups is 1. The summed E-state index contributed by atoms with van der Waals surface area (Å²) in [6.07, 6.45) is 10.8. The minimum absolute atomic E-state index is 0.0520. The Morgan fingerprint density at radius 3 is 2.79 bits per heavy atom. The van der Waals surface area contributed by atoms with Gasteiger partial charge in [0.25, 0.3) is 5.91 Å². The van der Waals surface area contributed by atoms with Crippen LogP contribution in [0, 0.1) is 11.8 Å². The molecule has 1 fully saturated rings. The minimum Gasteiger partial charge on any atom is -0.356 e. The first-order chi connectivity index (χ1) is 20.6. The quantitative estimate of drug-likeness (QED) is 0.278. The number of carbonyl (C=O) groups excluding carboxylic acids is 1. The summed E-state index contributed by atoms with van der Waals surface area (Å²) in [5.41, 5.74) is 4.14. The molecule has 2 aliphatic rings. The van der Waals surface area contributed by atoms with Gasteiger partial charge >= 0.3 is 0 Å². The molecule has 2 aliphatic heterocycles. The van der Waals surface area contributed by atoms with Crippen LogP contribution in [0.25, 0.3) is 11.3 Å². The van der Waals surface area contributed by atoms with Crippen molar-refractivity contribution in [3.63, 3.8) is 0 Å². The number of benzene rings is 1. The van der Waals surface area contributed by atoms with Crippen LogP contribution >= 0.6 is 0 Å². The number of amides is 1. The second-order valence-corrected chi connectivity index (χ2v) is 10.4. The minimum atomic E-state index is -0.194. The molecule has 1 amide bonds. The first-order valence-corrected chi connectivity index (χ1v) is 14.4. The molecular formula is C33H33N5O4. The molecule has 0 aliphatic carbocycles. The molecule has 4 aromatic rings. The Hall–Kier alpha value is -4.52. The molecule has 214 valence electrons. The van der Waals surface area contributed by atoms with Crippen LogP contribution in [0.5, 0.6) is 0 Å². The SMILES string of the molecule is C[C@H](OC1CCCCO1)c1nccn1Cc1cc(-c2ccc(C#CC3=CCN(C(=O)c4ccccn4)CC3)cc2)on1. The van der Waals surface area contributed by atoms with Crippen LogP contribution in [-0.4, -0.2) is 56.5 Å². The van der Waals surface area contributed by atoms with Crippen molar-refractivity contribution in [1.82, 2.24) is 24.6 Å². The summed E-state index contributed by atoms with van der Waals surface area (Å²) in [4.78, 5) is 23.1. The van der Waals surface area contributed by atoms with Crippen LogP contribution < -0.4 is 0 Å². The summed E-state index contributed by atoms with van der Waals surface area (Å²) < 4.78 is 19.5. The Morgan fingerprint density at radius 1 is 1.12 bits per heavy atom. The van der Waals surface area contributed by atoms with Crippen LogP contribution in [0.1, 0.15) is 66.3 Å². The average Bonchev–Trinajstić information content (AvgIpc) is 3.71. The maximum absolute atomic E-state index is 12.6. The number of hydrogen-bond acceptors (Lipinski definition) is 7. The topological polar surface area (TPSA) is 95.5 Å². The summed E-state index contributed by atoms with van der Waals surface area (Å²) in [5, 5.41) is 4.28. The highest BCUT2D eigenvalue weighted by atomic mass is 16.7. The zero-order valence-electron chi connectivity index (χ0n) is 23.6. The van der Waals surface area contributed by atoms with Gasteiger partial charge in [-0.15, -0.1) is 0 Å². The van der Waals surface area contributed by atoms with Gasteiger partial charge < -0.3 is 23.5 Å². The van der Waals surface area contributed by atoms with Crippen molar-refractivity contribution in [2.24, 2.45) is 0 Å². The van der Waals surface area contributed by atoms with Crippen molar-refractivity contribution in [2.75, 3.05) is 19.7 Å². The highest BCUT2D eigenvalue weighted by Crippen LogP contribution is 2.25. The van der Waals surface area contributed by atoms with E-state index in [-0.39, 0.29) is 18.3 Å². The summed E-state index contributed by atoms with van der Waals surface area (Å²) in [6, 6.07) is 15.2. The Balaban J connectivity index is 1.04. The molecule has 2 atom stereocenters. The van der Waals surface area contributed by atoms with Gasteiger partial charge in [-0.2, -0.15) is 0 Å². The average molecular weight is 564 g/mol. The number of rotatable bonds is 7. The number of aromatic nitrogens is 4. The van der Waals surface area contributed by atoms with Gasteiger partial charge in [0, 0.05) is 61.1 Å². The fraction of sp³-hybridized carbons (Fsp3) is 0.333. The maximum Gasteiger partial charge on any atom is 0.272 e. The lowest BCUT2D eigenvalue weighted by molar-refractivity contribution is -0.188. The van der Waals surface area contributed by atoms with Gasteiger partial charge in [0.15, 0.2) is 12.1 Å². The van der Waals surface area contributed by atoms with E-state index in [0.29, 0.717) is 31.1 Å². The summed E-state index contributed by atoms with van der Waals surface area (Å²) >= 11 is 0. The molecule has 9 nitrogen and oxygen atoms in total. The van der Waals surface area contributed by atoms with Gasteiger partial charge in [0.1, 0.15) is 23.3 Å². The third kappa shape index (κ3) is 6.68. The van der Waals surface area contributed by atoms with Gasteiger partial charge in [-0.3, -0.25) is 9.78 Å². The van der Waals surface area contributed by atoms with Crippen LogP contribution in [0.4, 0.5) is 0 Å². The lowest BCUT2D eigenvalue weighted by atomic mass is 10.1. The van der Waals surface area contributed by atoms with E-state index in [4.69, 9.17) is 14.0 Å².